The lowest BCUT2D eigenvalue weighted by Gasteiger charge is -2.12. The summed E-state index contributed by atoms with van der Waals surface area (Å²) < 4.78 is 1.72. The lowest BCUT2D eigenvalue weighted by Crippen LogP contribution is -2.26. The van der Waals surface area contributed by atoms with Gasteiger partial charge in [0.1, 0.15) is 0 Å². The van der Waals surface area contributed by atoms with Crippen LogP contribution in [0.3, 0.4) is 0 Å². The van der Waals surface area contributed by atoms with Gasteiger partial charge in [0.2, 0.25) is 5.91 Å². The molecule has 1 heterocycles. The summed E-state index contributed by atoms with van der Waals surface area (Å²) in [6.07, 6.45) is 4.75. The number of amides is 1. The second-order valence-electron chi connectivity index (χ2n) is 4.94. The maximum absolute atomic E-state index is 11.9. The van der Waals surface area contributed by atoms with Crippen molar-refractivity contribution in [3.05, 3.63) is 47.8 Å². The van der Waals surface area contributed by atoms with E-state index in [9.17, 15) is 4.79 Å². The summed E-state index contributed by atoms with van der Waals surface area (Å²) in [6.45, 7) is 1.95. The third kappa shape index (κ3) is 4.79. The smallest absolute Gasteiger partial charge is 0.220 e. The average Bonchev–Trinajstić information content (AvgIpc) is 2.84. The van der Waals surface area contributed by atoms with E-state index >= 15 is 0 Å². The van der Waals surface area contributed by atoms with E-state index in [0.29, 0.717) is 12.8 Å². The Hall–Kier alpha value is -2.01. The Morgan fingerprint density at radius 1 is 1.43 bits per heavy atom. The number of carbonyl (C=O) groups is 1. The van der Waals surface area contributed by atoms with Gasteiger partial charge in [-0.2, -0.15) is 5.10 Å². The fraction of sp³-hybridized carbons (Fsp3) is 0.333. The Bertz CT molecular complexity index is 597. The fourth-order valence-electron chi connectivity index (χ4n) is 2.07. The van der Waals surface area contributed by atoms with E-state index in [1.165, 1.54) is 0 Å². The number of halogens is 1. The number of nitrogen functional groups attached to an aromatic ring is 1. The second-order valence-corrected chi connectivity index (χ2v) is 4.94. The number of rotatable bonds is 5. The molecule has 1 atom stereocenters. The van der Waals surface area contributed by atoms with E-state index in [0.717, 1.165) is 16.8 Å². The zero-order valence-corrected chi connectivity index (χ0v) is 13.1. The van der Waals surface area contributed by atoms with Crippen molar-refractivity contribution in [1.82, 2.24) is 15.1 Å². The fourth-order valence-corrected chi connectivity index (χ4v) is 2.07. The molecule has 5 nitrogen and oxygen atoms in total. The number of para-hydroxylation sites is 1. The first kappa shape index (κ1) is 17.0. The van der Waals surface area contributed by atoms with Crippen LogP contribution in [0.1, 0.15) is 30.5 Å². The minimum Gasteiger partial charge on any atom is -0.399 e. The van der Waals surface area contributed by atoms with Crippen LogP contribution in [0.2, 0.25) is 0 Å². The lowest BCUT2D eigenvalue weighted by molar-refractivity contribution is -0.121. The summed E-state index contributed by atoms with van der Waals surface area (Å²) >= 11 is 0. The summed E-state index contributed by atoms with van der Waals surface area (Å²) in [5.74, 6) is 0.0182. The van der Waals surface area contributed by atoms with Crippen LogP contribution in [0.25, 0.3) is 0 Å². The van der Waals surface area contributed by atoms with Gasteiger partial charge in [-0.05, 0) is 25.0 Å². The number of aromatic nitrogens is 2. The predicted octanol–water partition coefficient (Wildman–Crippen LogP) is 2.23. The standard InChI is InChI=1S/C15H20N4O.ClH/c1-11(13-9-17-19(2)10-13)18-15(20)8-7-12-5-3-4-6-14(12)16;/h3-6,9-11H,7-8,16H2,1-2H3,(H,18,20);1H. The van der Waals surface area contributed by atoms with Gasteiger partial charge in [-0.1, -0.05) is 18.2 Å². The number of benzene rings is 1. The minimum absolute atomic E-state index is 0. The Balaban J connectivity index is 0.00000220. The zero-order chi connectivity index (χ0) is 14.5. The molecule has 2 aromatic rings. The lowest BCUT2D eigenvalue weighted by atomic mass is 10.1. The van der Waals surface area contributed by atoms with Crippen molar-refractivity contribution in [2.24, 2.45) is 7.05 Å². The maximum atomic E-state index is 11.9. The number of nitrogens with two attached hydrogens (primary N) is 1. The molecule has 0 saturated heterocycles. The van der Waals surface area contributed by atoms with Crippen LogP contribution in [0, 0.1) is 0 Å². The number of nitrogens with zero attached hydrogens (tertiary/aromatic N) is 2. The molecule has 0 aliphatic heterocycles. The van der Waals surface area contributed by atoms with Gasteiger partial charge in [-0.25, -0.2) is 0 Å². The normalized spacial score (nSPS) is 11.5. The topological polar surface area (TPSA) is 72.9 Å². The van der Waals surface area contributed by atoms with Crippen LogP contribution in [0.4, 0.5) is 5.69 Å². The maximum Gasteiger partial charge on any atom is 0.220 e. The molecule has 0 aliphatic rings. The number of aryl methyl sites for hydroxylation is 2. The van der Waals surface area contributed by atoms with Crippen LogP contribution >= 0.6 is 12.4 Å². The molecular weight excluding hydrogens is 288 g/mol. The molecule has 6 heteroatoms. The Kier molecular flexibility index (Phi) is 6.24. The highest BCUT2D eigenvalue weighted by Crippen LogP contribution is 2.14. The van der Waals surface area contributed by atoms with Crippen LogP contribution in [0.5, 0.6) is 0 Å². The third-order valence-electron chi connectivity index (χ3n) is 3.28. The van der Waals surface area contributed by atoms with Gasteiger partial charge in [0, 0.05) is 30.9 Å². The van der Waals surface area contributed by atoms with Gasteiger partial charge in [0.05, 0.1) is 12.2 Å². The van der Waals surface area contributed by atoms with Crippen molar-refractivity contribution in [2.75, 3.05) is 5.73 Å². The number of hydrogen-bond donors (Lipinski definition) is 2. The molecular formula is C15H21ClN4O. The van der Waals surface area contributed by atoms with E-state index in [-0.39, 0.29) is 24.4 Å². The summed E-state index contributed by atoms with van der Waals surface area (Å²) in [6, 6.07) is 7.59. The number of nitrogens with one attached hydrogen (secondary N) is 1. The summed E-state index contributed by atoms with van der Waals surface area (Å²) in [5.41, 5.74) is 8.61. The van der Waals surface area contributed by atoms with Gasteiger partial charge in [-0.3, -0.25) is 9.48 Å². The molecule has 0 saturated carbocycles. The molecule has 114 valence electrons. The van der Waals surface area contributed by atoms with Crippen molar-refractivity contribution < 1.29 is 4.79 Å². The van der Waals surface area contributed by atoms with Crippen LogP contribution < -0.4 is 11.1 Å². The van der Waals surface area contributed by atoms with Gasteiger partial charge in [-0.15, -0.1) is 12.4 Å². The van der Waals surface area contributed by atoms with Gasteiger partial charge in [0.25, 0.3) is 0 Å². The minimum atomic E-state index is -0.0377. The van der Waals surface area contributed by atoms with Crippen molar-refractivity contribution in [1.29, 1.82) is 0 Å². The molecule has 0 bridgehead atoms. The van der Waals surface area contributed by atoms with E-state index < -0.39 is 0 Å². The Morgan fingerprint density at radius 3 is 2.76 bits per heavy atom. The van der Waals surface area contributed by atoms with E-state index in [2.05, 4.69) is 10.4 Å². The average molecular weight is 309 g/mol. The highest BCUT2D eigenvalue weighted by atomic mass is 35.5. The molecule has 0 radical (unpaired) electrons. The molecule has 1 amide bonds. The van der Waals surface area contributed by atoms with Crippen LogP contribution in [-0.2, 0) is 18.3 Å². The van der Waals surface area contributed by atoms with Gasteiger partial charge < -0.3 is 11.1 Å². The first-order chi connectivity index (χ1) is 9.56. The molecule has 0 spiro atoms. The van der Waals surface area contributed by atoms with E-state index in [4.69, 9.17) is 5.73 Å². The Labute approximate surface area is 130 Å². The second kappa shape index (κ2) is 7.69. The van der Waals surface area contributed by atoms with E-state index in [1.54, 1.807) is 10.9 Å². The molecule has 21 heavy (non-hydrogen) atoms. The van der Waals surface area contributed by atoms with Crippen molar-refractivity contribution >= 4 is 24.0 Å². The summed E-state index contributed by atoms with van der Waals surface area (Å²) in [5, 5.41) is 7.07. The summed E-state index contributed by atoms with van der Waals surface area (Å²) in [4.78, 5) is 11.9. The highest BCUT2D eigenvalue weighted by molar-refractivity contribution is 5.85. The number of carbonyl (C=O) groups excluding carboxylic acids is 1. The predicted molar refractivity (Wildman–Crippen MR) is 86.2 cm³/mol. The highest BCUT2D eigenvalue weighted by Gasteiger charge is 2.11. The van der Waals surface area contributed by atoms with Gasteiger partial charge in [0.15, 0.2) is 0 Å². The largest absolute Gasteiger partial charge is 0.399 e. The first-order valence-electron chi connectivity index (χ1n) is 6.67. The quantitative estimate of drug-likeness (QED) is 0.832. The summed E-state index contributed by atoms with van der Waals surface area (Å²) in [7, 11) is 1.86. The zero-order valence-electron chi connectivity index (χ0n) is 12.2. The molecule has 1 aromatic heterocycles. The number of anilines is 1. The molecule has 0 fully saturated rings. The molecule has 1 aromatic carbocycles. The first-order valence-corrected chi connectivity index (χ1v) is 6.67. The number of hydrogen-bond acceptors (Lipinski definition) is 3. The molecule has 3 N–H and O–H groups in total. The van der Waals surface area contributed by atoms with Crippen molar-refractivity contribution in [2.45, 2.75) is 25.8 Å². The van der Waals surface area contributed by atoms with Crippen molar-refractivity contribution in [3.8, 4) is 0 Å². The SMILES string of the molecule is CC(NC(=O)CCc1ccccc1N)c1cnn(C)c1.Cl. The molecule has 2 rings (SSSR count). The molecule has 1 unspecified atom stereocenters. The molecule has 0 aliphatic carbocycles. The monoisotopic (exact) mass is 308 g/mol. The third-order valence-corrected chi connectivity index (χ3v) is 3.28. The van der Waals surface area contributed by atoms with E-state index in [1.807, 2.05) is 44.4 Å². The Morgan fingerprint density at radius 2 is 2.14 bits per heavy atom. The van der Waals surface area contributed by atoms with Crippen molar-refractivity contribution in [3.63, 3.8) is 0 Å². The van der Waals surface area contributed by atoms with Gasteiger partial charge >= 0.3 is 0 Å². The van der Waals surface area contributed by atoms with Crippen LogP contribution in [-0.4, -0.2) is 15.7 Å². The van der Waals surface area contributed by atoms with Crippen LogP contribution in [0.15, 0.2) is 36.7 Å².